The molecule has 1 aromatic rings. The average molecular weight is 270 g/mol. The molecule has 0 radical (unpaired) electrons. The zero-order valence-corrected chi connectivity index (χ0v) is 10.4. The molecule has 0 saturated carbocycles. The van der Waals surface area contributed by atoms with Crippen LogP contribution in [0.15, 0.2) is 24.3 Å². The van der Waals surface area contributed by atoms with Crippen molar-refractivity contribution in [2.45, 2.75) is 19.0 Å². The second kappa shape index (κ2) is 6.23. The predicted molar refractivity (Wildman–Crippen MR) is 63.0 cm³/mol. The van der Waals surface area contributed by atoms with Gasteiger partial charge < -0.3 is 4.90 Å². The molecule has 1 amide bonds. The van der Waals surface area contributed by atoms with Gasteiger partial charge in [0.2, 0.25) is 5.91 Å². The molecule has 1 aromatic carbocycles. The maximum atomic E-state index is 12.5. The van der Waals surface area contributed by atoms with Crippen molar-refractivity contribution < 1.29 is 18.0 Å². The van der Waals surface area contributed by atoms with E-state index in [9.17, 15) is 18.0 Å². The predicted octanol–water partition coefficient (Wildman–Crippen LogP) is 2.62. The van der Waals surface area contributed by atoms with Crippen LogP contribution in [0, 0.1) is 11.3 Å². The number of likely N-dealkylation sites (N-methyl/N-ethyl adjacent to an activating group) is 1. The summed E-state index contributed by atoms with van der Waals surface area (Å²) < 4.78 is 37.5. The van der Waals surface area contributed by atoms with Crippen LogP contribution in [0.1, 0.15) is 17.5 Å². The number of hydrogen-bond acceptors (Lipinski definition) is 2. The van der Waals surface area contributed by atoms with E-state index in [1.165, 1.54) is 24.1 Å². The fourth-order valence-electron chi connectivity index (χ4n) is 1.51. The molecule has 0 atom stereocenters. The summed E-state index contributed by atoms with van der Waals surface area (Å²) in [6.07, 6.45) is -4.32. The molecule has 0 fully saturated rings. The van der Waals surface area contributed by atoms with Crippen LogP contribution in [-0.4, -0.2) is 24.4 Å². The van der Waals surface area contributed by atoms with Crippen molar-refractivity contribution in [2.75, 3.05) is 13.6 Å². The van der Waals surface area contributed by atoms with Crippen molar-refractivity contribution >= 4 is 5.91 Å². The van der Waals surface area contributed by atoms with Crippen molar-refractivity contribution in [2.24, 2.45) is 0 Å². The molecule has 0 bridgehead atoms. The first-order valence-corrected chi connectivity index (χ1v) is 5.61. The van der Waals surface area contributed by atoms with E-state index < -0.39 is 11.7 Å². The molecule has 19 heavy (non-hydrogen) atoms. The van der Waals surface area contributed by atoms with E-state index in [1.807, 2.05) is 6.07 Å². The second-order valence-electron chi connectivity index (χ2n) is 4.10. The molecule has 0 aliphatic carbocycles. The lowest BCUT2D eigenvalue weighted by Gasteiger charge is -2.16. The van der Waals surface area contributed by atoms with Crippen LogP contribution in [-0.2, 0) is 17.4 Å². The molecule has 0 aliphatic rings. The summed E-state index contributed by atoms with van der Waals surface area (Å²) in [7, 11) is 1.52. The van der Waals surface area contributed by atoms with E-state index in [-0.39, 0.29) is 25.3 Å². The molecule has 0 heterocycles. The highest BCUT2D eigenvalue weighted by atomic mass is 19.4. The van der Waals surface area contributed by atoms with Crippen LogP contribution in [0.2, 0.25) is 0 Å². The van der Waals surface area contributed by atoms with E-state index in [4.69, 9.17) is 5.26 Å². The molecule has 0 unspecified atom stereocenters. The Morgan fingerprint density at radius 1 is 1.42 bits per heavy atom. The summed E-state index contributed by atoms with van der Waals surface area (Å²) in [5, 5.41) is 8.40. The summed E-state index contributed by atoms with van der Waals surface area (Å²) in [4.78, 5) is 13.1. The first kappa shape index (κ1) is 15.0. The van der Waals surface area contributed by atoms with E-state index >= 15 is 0 Å². The fraction of sp³-hybridized carbons (Fsp3) is 0.385. The summed E-state index contributed by atoms with van der Waals surface area (Å²) in [6.45, 7) is 0.272. The molecule has 102 valence electrons. The average Bonchev–Trinajstić information content (AvgIpc) is 2.35. The molecule has 1 rings (SSSR count). The molecule has 0 saturated heterocycles. The fourth-order valence-corrected chi connectivity index (χ4v) is 1.51. The van der Waals surface area contributed by atoms with Crippen molar-refractivity contribution in [3.8, 4) is 6.07 Å². The van der Waals surface area contributed by atoms with E-state index in [0.717, 1.165) is 12.1 Å². The third-order valence-corrected chi connectivity index (χ3v) is 2.59. The Morgan fingerprint density at radius 2 is 2.11 bits per heavy atom. The lowest BCUT2D eigenvalue weighted by atomic mass is 10.1. The normalized spacial score (nSPS) is 10.9. The Morgan fingerprint density at radius 3 is 2.68 bits per heavy atom. The summed E-state index contributed by atoms with van der Waals surface area (Å²) in [6, 6.07) is 6.59. The Hall–Kier alpha value is -2.03. The third-order valence-electron chi connectivity index (χ3n) is 2.59. The standard InChI is InChI=1S/C13H13F3N2O/c1-18(7-3-6-17)12(19)9-10-4-2-5-11(8-10)13(14,15)16/h2,4-5,8H,3,7,9H2,1H3. The number of hydrogen-bond donors (Lipinski definition) is 0. The Kier molecular flexibility index (Phi) is 4.93. The van der Waals surface area contributed by atoms with E-state index in [1.54, 1.807) is 0 Å². The van der Waals surface area contributed by atoms with Crippen molar-refractivity contribution in [1.82, 2.24) is 4.90 Å². The van der Waals surface area contributed by atoms with Gasteiger partial charge in [-0.25, -0.2) is 0 Å². The van der Waals surface area contributed by atoms with Crippen LogP contribution in [0.25, 0.3) is 0 Å². The second-order valence-corrected chi connectivity index (χ2v) is 4.10. The van der Waals surface area contributed by atoms with Gasteiger partial charge in [-0.2, -0.15) is 18.4 Å². The number of carbonyl (C=O) groups is 1. The molecule has 3 nitrogen and oxygen atoms in total. The van der Waals surface area contributed by atoms with Gasteiger partial charge in [-0.15, -0.1) is 0 Å². The number of carbonyl (C=O) groups excluding carboxylic acids is 1. The van der Waals surface area contributed by atoms with Gasteiger partial charge in [-0.05, 0) is 11.6 Å². The van der Waals surface area contributed by atoms with Crippen molar-refractivity contribution in [1.29, 1.82) is 5.26 Å². The quantitative estimate of drug-likeness (QED) is 0.844. The van der Waals surface area contributed by atoms with Crippen molar-refractivity contribution in [3.63, 3.8) is 0 Å². The van der Waals surface area contributed by atoms with Gasteiger partial charge in [-0.3, -0.25) is 4.79 Å². The van der Waals surface area contributed by atoms with Gasteiger partial charge in [0.1, 0.15) is 0 Å². The Balaban J connectivity index is 2.73. The molecular weight excluding hydrogens is 257 g/mol. The smallest absolute Gasteiger partial charge is 0.344 e. The number of halogens is 3. The first-order valence-electron chi connectivity index (χ1n) is 5.61. The highest BCUT2D eigenvalue weighted by Gasteiger charge is 2.30. The molecular formula is C13H13F3N2O. The van der Waals surface area contributed by atoms with Crippen LogP contribution >= 0.6 is 0 Å². The van der Waals surface area contributed by atoms with Crippen LogP contribution in [0.4, 0.5) is 13.2 Å². The van der Waals surface area contributed by atoms with E-state index in [2.05, 4.69) is 0 Å². The van der Waals surface area contributed by atoms with E-state index in [0.29, 0.717) is 5.56 Å². The maximum Gasteiger partial charge on any atom is 0.416 e. The number of nitrogens with zero attached hydrogens (tertiary/aromatic N) is 2. The highest BCUT2D eigenvalue weighted by Crippen LogP contribution is 2.29. The monoisotopic (exact) mass is 270 g/mol. The van der Waals surface area contributed by atoms with Gasteiger partial charge >= 0.3 is 6.18 Å². The maximum absolute atomic E-state index is 12.5. The third kappa shape index (κ3) is 4.62. The molecule has 0 aromatic heterocycles. The summed E-state index contributed by atoms with van der Waals surface area (Å²) in [5.74, 6) is -0.311. The number of benzene rings is 1. The topological polar surface area (TPSA) is 44.1 Å². The first-order chi connectivity index (χ1) is 8.84. The lowest BCUT2D eigenvalue weighted by molar-refractivity contribution is -0.137. The zero-order valence-electron chi connectivity index (χ0n) is 10.4. The molecule has 0 spiro atoms. The molecule has 0 aliphatic heterocycles. The molecule has 0 N–H and O–H groups in total. The zero-order chi connectivity index (χ0) is 14.5. The Bertz CT molecular complexity index is 491. The minimum absolute atomic E-state index is 0.105. The van der Waals surface area contributed by atoms with Gasteiger partial charge in [-0.1, -0.05) is 18.2 Å². The summed E-state index contributed by atoms with van der Waals surface area (Å²) in [5.41, 5.74) is -0.457. The lowest BCUT2D eigenvalue weighted by Crippen LogP contribution is -2.29. The van der Waals surface area contributed by atoms with Gasteiger partial charge in [0.05, 0.1) is 24.5 Å². The Labute approximate surface area is 109 Å². The number of nitriles is 1. The minimum atomic E-state index is -4.41. The highest BCUT2D eigenvalue weighted by molar-refractivity contribution is 5.78. The van der Waals surface area contributed by atoms with Crippen molar-refractivity contribution in [3.05, 3.63) is 35.4 Å². The number of rotatable bonds is 4. The number of alkyl halides is 3. The van der Waals surface area contributed by atoms with Gasteiger partial charge in [0, 0.05) is 13.6 Å². The van der Waals surface area contributed by atoms with Gasteiger partial charge in [0.15, 0.2) is 0 Å². The van der Waals surface area contributed by atoms with Crippen LogP contribution < -0.4 is 0 Å². The largest absolute Gasteiger partial charge is 0.416 e. The summed E-state index contributed by atoms with van der Waals surface area (Å²) >= 11 is 0. The van der Waals surface area contributed by atoms with Gasteiger partial charge in [0.25, 0.3) is 0 Å². The SMILES string of the molecule is CN(CCC#N)C(=O)Cc1cccc(C(F)(F)F)c1. The minimum Gasteiger partial charge on any atom is -0.344 e. The molecule has 6 heteroatoms. The number of amides is 1. The van der Waals surface area contributed by atoms with Crippen LogP contribution in [0.3, 0.4) is 0 Å². The van der Waals surface area contributed by atoms with Crippen LogP contribution in [0.5, 0.6) is 0 Å².